The van der Waals surface area contributed by atoms with Crippen LogP contribution >= 0.6 is 0 Å². The standard InChI is InChI=1S/C37H26N2O2/c1-37(2)32-17-27(23-7-11-25(12-8-23)34-19-40-21-38-34)15-16-30(32)36-29-6-4-3-5-28(29)31(18-33(36)37)24-9-13-26(14-10-24)35-20-41-22-39-35/h3-22H,1-2H3. The molecule has 4 heteroatoms. The van der Waals surface area contributed by atoms with Crippen LogP contribution in [0.3, 0.4) is 0 Å². The highest BCUT2D eigenvalue weighted by Crippen LogP contribution is 2.54. The van der Waals surface area contributed by atoms with E-state index < -0.39 is 0 Å². The lowest BCUT2D eigenvalue weighted by Gasteiger charge is -2.23. The smallest absolute Gasteiger partial charge is 0.181 e. The number of oxazole rings is 2. The molecule has 0 bridgehead atoms. The average Bonchev–Trinajstić information content (AvgIpc) is 3.79. The second-order valence-electron chi connectivity index (χ2n) is 11.2. The van der Waals surface area contributed by atoms with Gasteiger partial charge in [-0.25, -0.2) is 9.97 Å². The number of fused-ring (bicyclic) bond motifs is 5. The first kappa shape index (κ1) is 23.6. The molecule has 0 spiro atoms. The maximum atomic E-state index is 5.19. The van der Waals surface area contributed by atoms with E-state index in [0.29, 0.717) is 0 Å². The van der Waals surface area contributed by atoms with Crippen LogP contribution in [-0.2, 0) is 5.41 Å². The normalized spacial score (nSPS) is 13.3. The molecule has 0 amide bonds. The molecule has 1 aliphatic rings. The first-order valence-electron chi connectivity index (χ1n) is 13.8. The third-order valence-corrected chi connectivity index (χ3v) is 8.55. The highest BCUT2D eigenvalue weighted by Gasteiger charge is 2.37. The zero-order valence-corrected chi connectivity index (χ0v) is 22.8. The van der Waals surface area contributed by atoms with Crippen LogP contribution in [0.5, 0.6) is 0 Å². The molecule has 0 unspecified atom stereocenters. The molecule has 41 heavy (non-hydrogen) atoms. The van der Waals surface area contributed by atoms with Crippen molar-refractivity contribution in [2.24, 2.45) is 0 Å². The molecule has 1 aliphatic carbocycles. The Hall–Kier alpha value is -5.22. The molecule has 2 aromatic heterocycles. The third kappa shape index (κ3) is 3.68. The molecule has 2 heterocycles. The van der Waals surface area contributed by atoms with Gasteiger partial charge in [-0.3, -0.25) is 0 Å². The second-order valence-corrected chi connectivity index (χ2v) is 11.2. The van der Waals surface area contributed by atoms with Crippen LogP contribution in [0.2, 0.25) is 0 Å². The minimum absolute atomic E-state index is 0.152. The van der Waals surface area contributed by atoms with Crippen LogP contribution in [0.1, 0.15) is 25.0 Å². The molecule has 0 saturated heterocycles. The van der Waals surface area contributed by atoms with Crippen molar-refractivity contribution in [3.8, 4) is 55.9 Å². The molecule has 0 saturated carbocycles. The van der Waals surface area contributed by atoms with Crippen molar-refractivity contribution >= 4 is 10.8 Å². The van der Waals surface area contributed by atoms with Gasteiger partial charge in [-0.2, -0.15) is 0 Å². The van der Waals surface area contributed by atoms with Gasteiger partial charge in [0.15, 0.2) is 12.8 Å². The lowest BCUT2D eigenvalue weighted by molar-refractivity contribution is 0.558. The summed E-state index contributed by atoms with van der Waals surface area (Å²) in [4.78, 5) is 8.57. The van der Waals surface area contributed by atoms with E-state index in [4.69, 9.17) is 8.83 Å². The minimum Gasteiger partial charge on any atom is -0.451 e. The summed E-state index contributed by atoms with van der Waals surface area (Å²) in [5.74, 6) is 0. The molecule has 7 aromatic rings. The van der Waals surface area contributed by atoms with Crippen LogP contribution in [-0.4, -0.2) is 9.97 Å². The molecule has 0 aliphatic heterocycles. The Bertz CT molecular complexity index is 2030. The van der Waals surface area contributed by atoms with Gasteiger partial charge < -0.3 is 8.83 Å². The molecule has 0 radical (unpaired) electrons. The maximum Gasteiger partial charge on any atom is 0.181 e. The fourth-order valence-electron chi connectivity index (χ4n) is 6.37. The molecular formula is C37H26N2O2. The number of rotatable bonds is 4. The van der Waals surface area contributed by atoms with Gasteiger partial charge in [0.05, 0.1) is 0 Å². The van der Waals surface area contributed by atoms with Gasteiger partial charge in [-0.15, -0.1) is 0 Å². The number of hydrogen-bond acceptors (Lipinski definition) is 4. The first-order chi connectivity index (χ1) is 20.1. The first-order valence-corrected chi connectivity index (χ1v) is 13.8. The van der Waals surface area contributed by atoms with Gasteiger partial charge in [0.25, 0.3) is 0 Å². The van der Waals surface area contributed by atoms with Gasteiger partial charge >= 0.3 is 0 Å². The Kier molecular flexibility index (Phi) is 5.13. The highest BCUT2D eigenvalue weighted by molar-refractivity contribution is 6.09. The fourth-order valence-corrected chi connectivity index (χ4v) is 6.37. The summed E-state index contributed by atoms with van der Waals surface area (Å²) in [7, 11) is 0. The highest BCUT2D eigenvalue weighted by atomic mass is 16.3. The Balaban J connectivity index is 1.24. The van der Waals surface area contributed by atoms with Gasteiger partial charge in [0.1, 0.15) is 23.9 Å². The van der Waals surface area contributed by atoms with Crippen LogP contribution in [0.4, 0.5) is 0 Å². The monoisotopic (exact) mass is 530 g/mol. The summed E-state index contributed by atoms with van der Waals surface area (Å²) < 4.78 is 10.3. The summed E-state index contributed by atoms with van der Waals surface area (Å²) in [5.41, 5.74) is 13.8. The molecule has 4 nitrogen and oxygen atoms in total. The second kappa shape index (κ2) is 8.90. The van der Waals surface area contributed by atoms with E-state index >= 15 is 0 Å². The average molecular weight is 531 g/mol. The zero-order chi connectivity index (χ0) is 27.6. The molecule has 8 rings (SSSR count). The number of nitrogens with zero attached hydrogens (tertiary/aromatic N) is 2. The summed E-state index contributed by atoms with van der Waals surface area (Å²) in [6, 6.07) is 35.3. The van der Waals surface area contributed by atoms with Gasteiger partial charge in [-0.1, -0.05) is 98.8 Å². The summed E-state index contributed by atoms with van der Waals surface area (Å²) in [6.45, 7) is 4.70. The summed E-state index contributed by atoms with van der Waals surface area (Å²) in [5, 5.41) is 2.55. The predicted molar refractivity (Wildman–Crippen MR) is 163 cm³/mol. The topological polar surface area (TPSA) is 52.1 Å². The van der Waals surface area contributed by atoms with E-state index in [2.05, 4.69) is 121 Å². The van der Waals surface area contributed by atoms with Crippen molar-refractivity contribution in [3.63, 3.8) is 0 Å². The Labute approximate surface area is 238 Å². The van der Waals surface area contributed by atoms with E-state index in [0.717, 1.165) is 22.5 Å². The van der Waals surface area contributed by atoms with Crippen molar-refractivity contribution in [1.82, 2.24) is 9.97 Å². The zero-order valence-electron chi connectivity index (χ0n) is 22.8. The molecule has 196 valence electrons. The molecule has 0 fully saturated rings. The number of hydrogen-bond donors (Lipinski definition) is 0. The van der Waals surface area contributed by atoms with Crippen molar-refractivity contribution in [2.45, 2.75) is 19.3 Å². The van der Waals surface area contributed by atoms with Crippen molar-refractivity contribution in [1.29, 1.82) is 0 Å². The minimum atomic E-state index is -0.152. The Morgan fingerprint density at radius 3 is 1.68 bits per heavy atom. The number of aromatic nitrogens is 2. The van der Waals surface area contributed by atoms with Crippen LogP contribution in [0, 0.1) is 0 Å². The molecule has 0 N–H and O–H groups in total. The van der Waals surface area contributed by atoms with E-state index in [1.54, 1.807) is 12.5 Å². The van der Waals surface area contributed by atoms with Gasteiger partial charge in [0, 0.05) is 16.5 Å². The number of benzene rings is 5. The fraction of sp³-hybridized carbons (Fsp3) is 0.0811. The van der Waals surface area contributed by atoms with Crippen molar-refractivity contribution in [3.05, 3.63) is 134 Å². The van der Waals surface area contributed by atoms with E-state index in [1.807, 2.05) is 0 Å². The van der Waals surface area contributed by atoms with Crippen LogP contribution in [0.15, 0.2) is 131 Å². The largest absolute Gasteiger partial charge is 0.451 e. The Morgan fingerprint density at radius 2 is 1.07 bits per heavy atom. The van der Waals surface area contributed by atoms with Crippen molar-refractivity contribution in [2.75, 3.05) is 0 Å². The van der Waals surface area contributed by atoms with Crippen LogP contribution < -0.4 is 0 Å². The van der Waals surface area contributed by atoms with Gasteiger partial charge in [-0.05, 0) is 67.4 Å². The molecule has 0 atom stereocenters. The van der Waals surface area contributed by atoms with Gasteiger partial charge in [0.2, 0.25) is 0 Å². The predicted octanol–water partition coefficient (Wildman–Crippen LogP) is 9.79. The quantitative estimate of drug-likeness (QED) is 0.227. The molecular weight excluding hydrogens is 504 g/mol. The van der Waals surface area contributed by atoms with E-state index in [1.165, 1.54) is 68.1 Å². The maximum absolute atomic E-state index is 5.19. The summed E-state index contributed by atoms with van der Waals surface area (Å²) >= 11 is 0. The Morgan fingerprint density at radius 1 is 0.512 bits per heavy atom. The lowest BCUT2D eigenvalue weighted by Crippen LogP contribution is -2.15. The van der Waals surface area contributed by atoms with Crippen molar-refractivity contribution < 1.29 is 8.83 Å². The van der Waals surface area contributed by atoms with Crippen LogP contribution in [0.25, 0.3) is 66.7 Å². The van der Waals surface area contributed by atoms with E-state index in [9.17, 15) is 0 Å². The van der Waals surface area contributed by atoms with E-state index in [-0.39, 0.29) is 5.41 Å². The third-order valence-electron chi connectivity index (χ3n) is 8.55. The summed E-state index contributed by atoms with van der Waals surface area (Å²) in [6.07, 6.45) is 6.29. The SMILES string of the molecule is CC1(C)c2cc(-c3ccc(-c4cocn4)cc3)ccc2-c2c1cc(-c1ccc(-c3cocn3)cc1)c1ccccc21. The lowest BCUT2D eigenvalue weighted by atomic mass is 9.80. The molecule has 5 aromatic carbocycles.